The number of hydrogen-bond donors (Lipinski definition) is 1. The monoisotopic (exact) mass is 374 g/mol. The average Bonchev–Trinajstić information content (AvgIpc) is 2.59. The molecule has 5 nitrogen and oxygen atoms in total. The lowest BCUT2D eigenvalue weighted by atomic mass is 10.1. The fourth-order valence-electron chi connectivity index (χ4n) is 2.12. The molecular weight excluding hydrogens is 363 g/mol. The summed E-state index contributed by atoms with van der Waals surface area (Å²) >= 11 is 0. The van der Waals surface area contributed by atoms with Crippen LogP contribution in [0.15, 0.2) is 48.5 Å². The highest BCUT2D eigenvalue weighted by Gasteiger charge is 2.35. The molecule has 0 saturated heterocycles. The normalized spacial score (nSPS) is 11.9. The lowest BCUT2D eigenvalue weighted by Crippen LogP contribution is -2.35. The Morgan fingerprint density at radius 1 is 0.962 bits per heavy atom. The molecule has 0 spiro atoms. The number of carbonyl (C=O) groups excluding carboxylic acids is 1. The van der Waals surface area contributed by atoms with Crippen LogP contribution in [0.1, 0.15) is 21.5 Å². The Bertz CT molecular complexity index is 819. The molecule has 0 aliphatic heterocycles. The van der Waals surface area contributed by atoms with Gasteiger partial charge in [0.1, 0.15) is 5.56 Å². The van der Waals surface area contributed by atoms with Crippen molar-refractivity contribution in [3.05, 3.63) is 75.3 Å². The highest BCUT2D eigenvalue weighted by atomic mass is 19.4. The third-order valence-corrected chi connectivity index (χ3v) is 3.45. The first-order chi connectivity index (χ1) is 12.0. The summed E-state index contributed by atoms with van der Waals surface area (Å²) in [4.78, 5) is 22.0. The van der Waals surface area contributed by atoms with Gasteiger partial charge in [0.15, 0.2) is 0 Å². The van der Waals surface area contributed by atoms with Gasteiger partial charge in [0.05, 0.1) is 17.0 Å². The molecule has 2 aromatic carbocycles. The van der Waals surface area contributed by atoms with Crippen LogP contribution < -0.4 is 5.32 Å². The zero-order valence-electron chi connectivity index (χ0n) is 12.9. The fourth-order valence-corrected chi connectivity index (χ4v) is 2.12. The Morgan fingerprint density at radius 2 is 1.50 bits per heavy atom. The Hall–Kier alpha value is -3.04. The maximum Gasteiger partial charge on any atom is 0.416 e. The molecule has 0 atom stereocenters. The molecule has 0 heterocycles. The van der Waals surface area contributed by atoms with E-state index in [1.165, 1.54) is 12.1 Å². The summed E-state index contributed by atoms with van der Waals surface area (Å²) in [5.41, 5.74) is -2.77. The van der Waals surface area contributed by atoms with Crippen LogP contribution in [-0.2, 0) is 12.1 Å². The standard InChI is InChI=1S/C16H11F5N2O3/c17-15(18,10-5-7-11(8-6-10)16(19,20)21)9-22-14(24)12-3-1-2-4-13(12)23(25)26/h1-8H,9H2,(H,22,24). The van der Waals surface area contributed by atoms with E-state index < -0.39 is 51.9 Å². The van der Waals surface area contributed by atoms with E-state index in [1.54, 1.807) is 0 Å². The lowest BCUT2D eigenvalue weighted by molar-refractivity contribution is -0.385. The summed E-state index contributed by atoms with van der Waals surface area (Å²) in [5, 5.41) is 12.7. The topological polar surface area (TPSA) is 72.2 Å². The molecule has 2 rings (SSSR count). The zero-order valence-corrected chi connectivity index (χ0v) is 12.9. The average molecular weight is 374 g/mol. The molecule has 2 aromatic rings. The van der Waals surface area contributed by atoms with E-state index in [1.807, 2.05) is 5.32 Å². The minimum atomic E-state index is -4.66. The predicted octanol–water partition coefficient (Wildman–Crippen LogP) is 4.14. The van der Waals surface area contributed by atoms with Crippen LogP contribution in [0, 0.1) is 10.1 Å². The van der Waals surface area contributed by atoms with Crippen molar-refractivity contribution in [1.82, 2.24) is 5.32 Å². The zero-order chi connectivity index (χ0) is 19.5. The molecule has 0 aliphatic carbocycles. The molecule has 0 saturated carbocycles. The van der Waals surface area contributed by atoms with Crippen molar-refractivity contribution >= 4 is 11.6 Å². The molecule has 138 valence electrons. The van der Waals surface area contributed by atoms with Gasteiger partial charge in [-0.05, 0) is 18.2 Å². The van der Waals surface area contributed by atoms with E-state index in [4.69, 9.17) is 0 Å². The first-order valence-electron chi connectivity index (χ1n) is 7.09. The van der Waals surface area contributed by atoms with E-state index in [0.717, 1.165) is 12.1 Å². The van der Waals surface area contributed by atoms with Crippen LogP contribution >= 0.6 is 0 Å². The van der Waals surface area contributed by atoms with Crippen LogP contribution in [0.5, 0.6) is 0 Å². The number of alkyl halides is 5. The summed E-state index contributed by atoms with van der Waals surface area (Å²) in [6, 6.07) is 7.02. The van der Waals surface area contributed by atoms with Gasteiger partial charge in [-0.3, -0.25) is 14.9 Å². The number of carbonyl (C=O) groups is 1. The Morgan fingerprint density at radius 3 is 2.04 bits per heavy atom. The summed E-state index contributed by atoms with van der Waals surface area (Å²) < 4.78 is 65.6. The van der Waals surface area contributed by atoms with Crippen molar-refractivity contribution in [1.29, 1.82) is 0 Å². The van der Waals surface area contributed by atoms with Gasteiger partial charge in [-0.25, -0.2) is 0 Å². The Kier molecular flexibility index (Phi) is 5.24. The van der Waals surface area contributed by atoms with Gasteiger partial charge in [-0.2, -0.15) is 22.0 Å². The number of rotatable bonds is 5. The SMILES string of the molecule is O=C(NCC(F)(F)c1ccc(C(F)(F)F)cc1)c1ccccc1[N+](=O)[O-]. The smallest absolute Gasteiger partial charge is 0.345 e. The second kappa shape index (κ2) is 7.06. The number of halogens is 5. The van der Waals surface area contributed by atoms with Gasteiger partial charge in [-0.15, -0.1) is 0 Å². The highest BCUT2D eigenvalue weighted by molar-refractivity contribution is 5.98. The van der Waals surface area contributed by atoms with Crippen LogP contribution in [-0.4, -0.2) is 17.4 Å². The molecule has 0 fully saturated rings. The molecule has 1 N–H and O–H groups in total. The van der Waals surface area contributed by atoms with Crippen molar-refractivity contribution in [3.63, 3.8) is 0 Å². The predicted molar refractivity (Wildman–Crippen MR) is 80.8 cm³/mol. The molecule has 0 aliphatic rings. The largest absolute Gasteiger partial charge is 0.416 e. The van der Waals surface area contributed by atoms with Crippen LogP contribution in [0.3, 0.4) is 0 Å². The molecule has 0 aromatic heterocycles. The Balaban J connectivity index is 2.13. The molecule has 0 radical (unpaired) electrons. The van der Waals surface area contributed by atoms with Gasteiger partial charge in [0, 0.05) is 11.6 Å². The minimum absolute atomic E-state index is 0.402. The minimum Gasteiger partial charge on any atom is -0.345 e. The summed E-state index contributed by atoms with van der Waals surface area (Å²) in [6.45, 7) is -1.23. The third kappa shape index (κ3) is 4.32. The fraction of sp³-hybridized carbons (Fsp3) is 0.188. The maximum absolute atomic E-state index is 14.1. The highest BCUT2D eigenvalue weighted by Crippen LogP contribution is 2.33. The quantitative estimate of drug-likeness (QED) is 0.486. The van der Waals surface area contributed by atoms with Gasteiger partial charge in [0.2, 0.25) is 0 Å². The summed E-state index contributed by atoms with van der Waals surface area (Å²) in [7, 11) is 0. The summed E-state index contributed by atoms with van der Waals surface area (Å²) in [5.74, 6) is -4.76. The number of nitro groups is 1. The van der Waals surface area contributed by atoms with Crippen molar-refractivity contribution in [2.24, 2.45) is 0 Å². The van der Waals surface area contributed by atoms with Crippen molar-refractivity contribution in [2.45, 2.75) is 12.1 Å². The molecule has 10 heteroatoms. The molecule has 0 bridgehead atoms. The Labute approximate surface area is 143 Å². The van der Waals surface area contributed by atoms with Crippen molar-refractivity contribution in [2.75, 3.05) is 6.54 Å². The number of nitro benzene ring substituents is 1. The van der Waals surface area contributed by atoms with E-state index in [0.29, 0.717) is 24.3 Å². The van der Waals surface area contributed by atoms with Crippen molar-refractivity contribution in [3.8, 4) is 0 Å². The molecular formula is C16H11F5N2O3. The van der Waals surface area contributed by atoms with E-state index >= 15 is 0 Å². The van der Waals surface area contributed by atoms with E-state index in [-0.39, 0.29) is 0 Å². The lowest BCUT2D eigenvalue weighted by Gasteiger charge is -2.18. The number of amides is 1. The third-order valence-electron chi connectivity index (χ3n) is 3.45. The first-order valence-corrected chi connectivity index (χ1v) is 7.09. The molecule has 26 heavy (non-hydrogen) atoms. The van der Waals surface area contributed by atoms with Crippen LogP contribution in [0.4, 0.5) is 27.6 Å². The number of nitrogens with zero attached hydrogens (tertiary/aromatic N) is 1. The van der Waals surface area contributed by atoms with Gasteiger partial charge in [0.25, 0.3) is 17.5 Å². The van der Waals surface area contributed by atoms with Gasteiger partial charge < -0.3 is 5.32 Å². The van der Waals surface area contributed by atoms with E-state index in [9.17, 15) is 36.9 Å². The van der Waals surface area contributed by atoms with E-state index in [2.05, 4.69) is 0 Å². The summed E-state index contributed by atoms with van der Waals surface area (Å²) in [6.07, 6.45) is -4.66. The maximum atomic E-state index is 14.1. The number of para-hydroxylation sites is 1. The second-order valence-electron chi connectivity index (χ2n) is 5.24. The van der Waals surface area contributed by atoms with Gasteiger partial charge >= 0.3 is 6.18 Å². The molecule has 1 amide bonds. The molecule has 0 unspecified atom stereocenters. The second-order valence-corrected chi connectivity index (χ2v) is 5.24. The number of hydrogen-bond acceptors (Lipinski definition) is 3. The van der Waals surface area contributed by atoms with Crippen LogP contribution in [0.25, 0.3) is 0 Å². The van der Waals surface area contributed by atoms with Crippen molar-refractivity contribution < 1.29 is 31.7 Å². The number of nitrogens with one attached hydrogen (secondary N) is 1. The number of benzene rings is 2. The van der Waals surface area contributed by atoms with Crippen LogP contribution in [0.2, 0.25) is 0 Å². The van der Waals surface area contributed by atoms with Gasteiger partial charge in [-0.1, -0.05) is 24.3 Å². The first kappa shape index (κ1) is 19.3.